The lowest BCUT2D eigenvalue weighted by Crippen LogP contribution is -2.22. The van der Waals surface area contributed by atoms with Crippen molar-refractivity contribution < 1.29 is 8.95 Å². The molecule has 112 valence electrons. The Morgan fingerprint density at radius 3 is 2.14 bits per heavy atom. The number of benzene rings is 2. The van der Waals surface area contributed by atoms with Crippen LogP contribution in [0.1, 0.15) is 17.2 Å². The van der Waals surface area contributed by atoms with Crippen molar-refractivity contribution in [1.82, 2.24) is 0 Å². The van der Waals surface area contributed by atoms with Crippen molar-refractivity contribution in [2.75, 3.05) is 12.5 Å². The largest absolute Gasteiger partial charge is 0.367 e. The third-order valence-electron chi connectivity index (χ3n) is 3.21. The highest BCUT2D eigenvalue weighted by molar-refractivity contribution is 8.10. The molecule has 21 heavy (non-hydrogen) atoms. The van der Waals surface area contributed by atoms with E-state index < -0.39 is 10.8 Å². The van der Waals surface area contributed by atoms with Crippen molar-refractivity contribution in [3.63, 3.8) is 0 Å². The summed E-state index contributed by atoms with van der Waals surface area (Å²) in [6.45, 7) is 0.522. The Balaban J connectivity index is 2.18. The highest BCUT2D eigenvalue weighted by atomic mass is 32.2. The molecule has 4 heteroatoms. The van der Waals surface area contributed by atoms with Crippen LogP contribution in [0.3, 0.4) is 0 Å². The van der Waals surface area contributed by atoms with E-state index in [-0.39, 0.29) is 10.7 Å². The highest BCUT2D eigenvalue weighted by Crippen LogP contribution is 2.31. The van der Waals surface area contributed by atoms with Crippen LogP contribution in [0.4, 0.5) is 0 Å². The third-order valence-corrected chi connectivity index (χ3v) is 6.21. The molecule has 0 aliphatic rings. The maximum Gasteiger partial charge on any atom is 0.110 e. The zero-order valence-electron chi connectivity index (χ0n) is 12.3. The smallest absolute Gasteiger partial charge is 0.110 e. The van der Waals surface area contributed by atoms with Gasteiger partial charge in [-0.3, -0.25) is 4.21 Å². The Morgan fingerprint density at radius 2 is 1.62 bits per heavy atom. The summed E-state index contributed by atoms with van der Waals surface area (Å²) >= 11 is 1.59. The first-order valence-corrected chi connectivity index (χ1v) is 9.69. The summed E-state index contributed by atoms with van der Waals surface area (Å²) in [5.74, 6) is 0. The third kappa shape index (κ3) is 4.70. The van der Waals surface area contributed by atoms with Gasteiger partial charge in [-0.05, 0) is 17.4 Å². The maximum absolute atomic E-state index is 12.0. The van der Waals surface area contributed by atoms with E-state index in [0.717, 1.165) is 11.1 Å². The molecule has 0 saturated carbocycles. The second-order valence-corrected chi connectivity index (χ2v) is 7.51. The molecule has 0 heterocycles. The SMILES string of the molecule is CSC(C(OCc1ccccc1)c1ccccc1)S(C)=O. The summed E-state index contributed by atoms with van der Waals surface area (Å²) in [4.78, 5) is 0. The average molecular weight is 320 g/mol. The van der Waals surface area contributed by atoms with Crippen molar-refractivity contribution >= 4 is 22.6 Å². The molecule has 3 unspecified atom stereocenters. The quantitative estimate of drug-likeness (QED) is 0.771. The zero-order chi connectivity index (χ0) is 15.1. The van der Waals surface area contributed by atoms with Crippen LogP contribution in [0.15, 0.2) is 60.7 Å². The van der Waals surface area contributed by atoms with Crippen molar-refractivity contribution in [3.05, 3.63) is 71.8 Å². The van der Waals surface area contributed by atoms with Gasteiger partial charge in [0.1, 0.15) is 10.7 Å². The van der Waals surface area contributed by atoms with Crippen LogP contribution in [0.5, 0.6) is 0 Å². The van der Waals surface area contributed by atoms with Crippen LogP contribution in [0.2, 0.25) is 0 Å². The van der Waals surface area contributed by atoms with Crippen LogP contribution in [0.25, 0.3) is 0 Å². The van der Waals surface area contributed by atoms with E-state index in [2.05, 4.69) is 0 Å². The van der Waals surface area contributed by atoms with Gasteiger partial charge in [0.25, 0.3) is 0 Å². The Morgan fingerprint density at radius 1 is 1.05 bits per heavy atom. The van der Waals surface area contributed by atoms with E-state index in [0.29, 0.717) is 6.61 Å². The monoisotopic (exact) mass is 320 g/mol. The maximum atomic E-state index is 12.0. The lowest BCUT2D eigenvalue weighted by atomic mass is 10.1. The molecule has 0 aliphatic carbocycles. The van der Waals surface area contributed by atoms with Gasteiger partial charge in [-0.1, -0.05) is 60.7 Å². The summed E-state index contributed by atoms with van der Waals surface area (Å²) in [7, 11) is -0.954. The lowest BCUT2D eigenvalue weighted by molar-refractivity contribution is 0.0503. The summed E-state index contributed by atoms with van der Waals surface area (Å²) in [5, 5.41) is 0. The molecule has 3 atom stereocenters. The molecule has 0 aromatic heterocycles. The first-order chi connectivity index (χ1) is 10.2. The van der Waals surface area contributed by atoms with Gasteiger partial charge < -0.3 is 4.74 Å². The number of hydrogen-bond donors (Lipinski definition) is 0. The van der Waals surface area contributed by atoms with Gasteiger partial charge in [-0.2, -0.15) is 0 Å². The molecule has 0 amide bonds. The Bertz CT molecular complexity index is 558. The van der Waals surface area contributed by atoms with E-state index in [1.54, 1.807) is 18.0 Å². The van der Waals surface area contributed by atoms with Crippen molar-refractivity contribution in [1.29, 1.82) is 0 Å². The second-order valence-electron chi connectivity index (χ2n) is 4.73. The van der Waals surface area contributed by atoms with Gasteiger partial charge in [0.15, 0.2) is 0 Å². The molecule has 0 spiro atoms. The van der Waals surface area contributed by atoms with Gasteiger partial charge in [-0.25, -0.2) is 0 Å². The summed E-state index contributed by atoms with van der Waals surface area (Å²) in [5.41, 5.74) is 2.20. The average Bonchev–Trinajstić information content (AvgIpc) is 2.53. The van der Waals surface area contributed by atoms with E-state index in [1.165, 1.54) is 0 Å². The van der Waals surface area contributed by atoms with E-state index in [4.69, 9.17) is 4.74 Å². The summed E-state index contributed by atoms with van der Waals surface area (Å²) < 4.78 is 18.1. The number of ether oxygens (including phenoxy) is 1. The fourth-order valence-electron chi connectivity index (χ4n) is 2.17. The fourth-order valence-corrected chi connectivity index (χ4v) is 4.32. The molecule has 2 aromatic carbocycles. The Labute approximate surface area is 133 Å². The van der Waals surface area contributed by atoms with Crippen molar-refractivity contribution in [2.24, 2.45) is 0 Å². The molecule has 2 nitrogen and oxygen atoms in total. The van der Waals surface area contributed by atoms with Crippen LogP contribution in [0, 0.1) is 0 Å². The topological polar surface area (TPSA) is 26.3 Å². The summed E-state index contributed by atoms with van der Waals surface area (Å²) in [6.07, 6.45) is 3.55. The van der Waals surface area contributed by atoms with E-state index in [1.807, 2.05) is 66.9 Å². The minimum absolute atomic E-state index is 0.0730. The molecule has 2 rings (SSSR count). The Kier molecular flexibility index (Phi) is 6.49. The normalized spacial score (nSPS) is 15.3. The minimum Gasteiger partial charge on any atom is -0.367 e. The first-order valence-electron chi connectivity index (χ1n) is 6.78. The van der Waals surface area contributed by atoms with Gasteiger partial charge in [-0.15, -0.1) is 11.8 Å². The van der Waals surface area contributed by atoms with E-state index >= 15 is 0 Å². The molecule has 0 bridgehead atoms. The first kappa shape index (κ1) is 16.3. The van der Waals surface area contributed by atoms with Gasteiger partial charge in [0.2, 0.25) is 0 Å². The highest BCUT2D eigenvalue weighted by Gasteiger charge is 2.26. The predicted molar refractivity (Wildman–Crippen MR) is 91.8 cm³/mol. The van der Waals surface area contributed by atoms with Gasteiger partial charge >= 0.3 is 0 Å². The molecule has 0 fully saturated rings. The molecule has 0 radical (unpaired) electrons. The van der Waals surface area contributed by atoms with Gasteiger partial charge in [0.05, 0.1) is 6.61 Å². The molecule has 0 N–H and O–H groups in total. The van der Waals surface area contributed by atoms with Crippen molar-refractivity contribution in [3.8, 4) is 0 Å². The molecule has 0 saturated heterocycles. The predicted octanol–water partition coefficient (Wildman–Crippen LogP) is 4.01. The zero-order valence-corrected chi connectivity index (χ0v) is 13.9. The second kappa shape index (κ2) is 8.37. The van der Waals surface area contributed by atoms with E-state index in [9.17, 15) is 4.21 Å². The van der Waals surface area contributed by atoms with Crippen LogP contribution < -0.4 is 0 Å². The van der Waals surface area contributed by atoms with Gasteiger partial charge in [0, 0.05) is 17.1 Å². The van der Waals surface area contributed by atoms with Crippen molar-refractivity contribution in [2.45, 2.75) is 17.3 Å². The standard InChI is InChI=1S/C17H20O2S2/c1-20-17(21(2)18)16(15-11-7-4-8-12-15)19-13-14-9-5-3-6-10-14/h3-12,16-17H,13H2,1-2H3. The number of hydrogen-bond acceptors (Lipinski definition) is 3. The van der Waals surface area contributed by atoms with Crippen LogP contribution in [-0.4, -0.2) is 21.3 Å². The number of thioether (sulfide) groups is 1. The minimum atomic E-state index is -0.954. The molecule has 0 aliphatic heterocycles. The molecule has 2 aromatic rings. The van der Waals surface area contributed by atoms with Crippen LogP contribution >= 0.6 is 11.8 Å². The Hall–Kier alpha value is -1.10. The molecular formula is C17H20O2S2. The summed E-state index contributed by atoms with van der Waals surface area (Å²) in [6, 6.07) is 20.1. The lowest BCUT2D eigenvalue weighted by Gasteiger charge is -2.25. The number of rotatable bonds is 7. The molecular weight excluding hydrogens is 300 g/mol. The fraction of sp³-hybridized carbons (Fsp3) is 0.294. The van der Waals surface area contributed by atoms with Crippen LogP contribution in [-0.2, 0) is 22.1 Å².